The average Bonchev–Trinajstić information content (AvgIpc) is 2.95. The maximum absolute atomic E-state index is 12.6. The number of carbonyl (C=O) groups excluding carboxylic acids is 2. The number of aromatic nitrogens is 2. The Labute approximate surface area is 155 Å². The fourth-order valence-corrected chi connectivity index (χ4v) is 2.76. The van der Waals surface area contributed by atoms with Crippen molar-refractivity contribution in [3.8, 4) is 0 Å². The van der Waals surface area contributed by atoms with Crippen molar-refractivity contribution in [1.29, 1.82) is 0 Å². The van der Waals surface area contributed by atoms with Crippen LogP contribution in [0.3, 0.4) is 0 Å². The monoisotopic (exact) mass is 370 g/mol. The summed E-state index contributed by atoms with van der Waals surface area (Å²) < 4.78 is 6.79. The fraction of sp³-hybridized carbons (Fsp3) is 0.368. The van der Waals surface area contributed by atoms with Gasteiger partial charge in [-0.1, -0.05) is 12.1 Å². The minimum Gasteiger partial charge on any atom is -0.448 e. The zero-order valence-electron chi connectivity index (χ0n) is 15.8. The van der Waals surface area contributed by atoms with Gasteiger partial charge in [-0.25, -0.2) is 4.98 Å². The van der Waals surface area contributed by atoms with Crippen molar-refractivity contribution in [2.24, 2.45) is 0 Å². The number of fused-ring (bicyclic) bond motifs is 3. The van der Waals surface area contributed by atoms with E-state index in [-0.39, 0.29) is 36.0 Å². The molecule has 0 saturated carbocycles. The van der Waals surface area contributed by atoms with E-state index in [2.05, 4.69) is 10.3 Å². The lowest BCUT2D eigenvalue weighted by atomic mass is 10.1. The van der Waals surface area contributed by atoms with Crippen LogP contribution < -0.4 is 10.9 Å². The number of likely N-dealkylation sites (N-methyl/N-ethyl adjacent to an activating group) is 1. The molecule has 8 heteroatoms. The predicted octanol–water partition coefficient (Wildman–Crippen LogP) is 1.52. The summed E-state index contributed by atoms with van der Waals surface area (Å²) in [7, 11) is 1.52. The molecular formula is C19H22N4O4. The van der Waals surface area contributed by atoms with Crippen LogP contribution in [0.4, 0.5) is 0 Å². The highest BCUT2D eigenvalue weighted by molar-refractivity contribution is 6.01. The van der Waals surface area contributed by atoms with Gasteiger partial charge in [-0.3, -0.25) is 19.0 Å². The van der Waals surface area contributed by atoms with Crippen LogP contribution in [0.15, 0.2) is 39.8 Å². The zero-order valence-corrected chi connectivity index (χ0v) is 15.8. The lowest BCUT2D eigenvalue weighted by Gasteiger charge is -2.23. The van der Waals surface area contributed by atoms with Crippen molar-refractivity contribution in [1.82, 2.24) is 19.8 Å². The van der Waals surface area contributed by atoms with Gasteiger partial charge >= 0.3 is 0 Å². The third kappa shape index (κ3) is 3.99. The normalized spacial score (nSPS) is 11.7. The minimum absolute atomic E-state index is 0.0921. The van der Waals surface area contributed by atoms with Crippen LogP contribution in [0.2, 0.25) is 0 Å². The van der Waals surface area contributed by atoms with Crippen molar-refractivity contribution in [2.45, 2.75) is 32.9 Å². The van der Waals surface area contributed by atoms with E-state index in [1.54, 1.807) is 6.07 Å². The molecule has 0 bridgehead atoms. The third-order valence-electron chi connectivity index (χ3n) is 3.98. The molecule has 2 amide bonds. The molecule has 3 rings (SSSR count). The topological polar surface area (TPSA) is 97.4 Å². The highest BCUT2D eigenvalue weighted by Gasteiger charge is 2.19. The number of hydrogen-bond donors (Lipinski definition) is 1. The molecule has 0 aliphatic heterocycles. The van der Waals surface area contributed by atoms with Crippen molar-refractivity contribution >= 4 is 33.9 Å². The molecule has 27 heavy (non-hydrogen) atoms. The molecule has 0 saturated heterocycles. The molecule has 2 heterocycles. The number of para-hydroxylation sites is 1. The molecule has 3 aromatic rings. The van der Waals surface area contributed by atoms with Crippen LogP contribution >= 0.6 is 0 Å². The van der Waals surface area contributed by atoms with E-state index < -0.39 is 5.56 Å². The van der Waals surface area contributed by atoms with Gasteiger partial charge in [0.2, 0.25) is 17.4 Å². The van der Waals surface area contributed by atoms with Crippen LogP contribution in [0.1, 0.15) is 20.8 Å². The van der Waals surface area contributed by atoms with Gasteiger partial charge in [-0.15, -0.1) is 0 Å². The summed E-state index contributed by atoms with van der Waals surface area (Å²) in [5, 5.41) is 3.54. The minimum atomic E-state index is -0.433. The first-order valence-electron chi connectivity index (χ1n) is 8.57. The maximum Gasteiger partial charge on any atom is 0.297 e. The molecule has 0 radical (unpaired) electrons. The Morgan fingerprint density at radius 1 is 1.26 bits per heavy atom. The Balaban J connectivity index is 1.79. The summed E-state index contributed by atoms with van der Waals surface area (Å²) in [5.41, 5.74) is 0.333. The van der Waals surface area contributed by atoms with Gasteiger partial charge in [0.05, 0.1) is 12.9 Å². The molecule has 0 spiro atoms. The van der Waals surface area contributed by atoms with E-state index >= 15 is 0 Å². The molecule has 0 aliphatic rings. The smallest absolute Gasteiger partial charge is 0.297 e. The second-order valence-electron chi connectivity index (χ2n) is 7.50. The number of benzene rings is 1. The number of hydrogen-bond acceptors (Lipinski definition) is 5. The highest BCUT2D eigenvalue weighted by Crippen LogP contribution is 2.23. The highest BCUT2D eigenvalue weighted by atomic mass is 16.3. The first-order chi connectivity index (χ1) is 12.7. The Bertz CT molecular complexity index is 1070. The van der Waals surface area contributed by atoms with Crippen LogP contribution in [0.25, 0.3) is 22.1 Å². The van der Waals surface area contributed by atoms with E-state index in [0.29, 0.717) is 11.1 Å². The van der Waals surface area contributed by atoms with Gasteiger partial charge in [-0.05, 0) is 32.9 Å². The maximum atomic E-state index is 12.6. The van der Waals surface area contributed by atoms with Gasteiger partial charge in [0.1, 0.15) is 17.6 Å². The first-order valence-corrected chi connectivity index (χ1v) is 8.57. The summed E-state index contributed by atoms with van der Waals surface area (Å²) in [6, 6.07) is 7.23. The summed E-state index contributed by atoms with van der Waals surface area (Å²) in [6.45, 7) is 5.27. The largest absolute Gasteiger partial charge is 0.448 e. The van der Waals surface area contributed by atoms with Crippen LogP contribution in [-0.2, 0) is 16.1 Å². The summed E-state index contributed by atoms with van der Waals surface area (Å²) in [5.74, 6) is -0.644. The Kier molecular flexibility index (Phi) is 4.73. The molecule has 2 aromatic heterocycles. The van der Waals surface area contributed by atoms with Gasteiger partial charge in [0.15, 0.2) is 0 Å². The Morgan fingerprint density at radius 2 is 1.96 bits per heavy atom. The molecule has 1 aromatic carbocycles. The first kappa shape index (κ1) is 18.6. The van der Waals surface area contributed by atoms with Gasteiger partial charge in [-0.2, -0.15) is 0 Å². The van der Waals surface area contributed by atoms with Crippen molar-refractivity contribution in [3.63, 3.8) is 0 Å². The zero-order chi connectivity index (χ0) is 19.8. The lowest BCUT2D eigenvalue weighted by molar-refractivity contribution is -0.135. The van der Waals surface area contributed by atoms with Crippen molar-refractivity contribution in [3.05, 3.63) is 40.9 Å². The molecule has 142 valence electrons. The van der Waals surface area contributed by atoms with E-state index in [1.807, 2.05) is 39.0 Å². The van der Waals surface area contributed by atoms with Crippen LogP contribution in [0, 0.1) is 0 Å². The molecule has 0 fully saturated rings. The van der Waals surface area contributed by atoms with Crippen LogP contribution in [0.5, 0.6) is 0 Å². The molecular weight excluding hydrogens is 348 g/mol. The standard InChI is InChI=1S/C19H22N4O4/c1-19(2,3)21-14(24)9-22(4)15(25)10-23-11-20-16-12-7-5-6-8-13(12)27-17(16)18(23)26/h5-8,11H,9-10H2,1-4H3,(H,21,24). The lowest BCUT2D eigenvalue weighted by Crippen LogP contribution is -2.47. The number of carbonyl (C=O) groups is 2. The number of nitrogens with zero attached hydrogens (tertiary/aromatic N) is 3. The molecule has 0 aliphatic carbocycles. The van der Waals surface area contributed by atoms with Crippen molar-refractivity contribution < 1.29 is 14.0 Å². The fourth-order valence-electron chi connectivity index (χ4n) is 2.76. The molecule has 1 N–H and O–H groups in total. The molecule has 0 atom stereocenters. The third-order valence-corrected chi connectivity index (χ3v) is 3.98. The second-order valence-corrected chi connectivity index (χ2v) is 7.50. The van der Waals surface area contributed by atoms with E-state index in [9.17, 15) is 14.4 Å². The number of amides is 2. The van der Waals surface area contributed by atoms with Crippen molar-refractivity contribution in [2.75, 3.05) is 13.6 Å². The Hall–Kier alpha value is -3.16. The number of rotatable bonds is 4. The summed E-state index contributed by atoms with van der Waals surface area (Å²) in [4.78, 5) is 42.6. The Morgan fingerprint density at radius 3 is 2.67 bits per heavy atom. The SMILES string of the molecule is CN(CC(=O)NC(C)(C)C)C(=O)Cn1cnc2c(oc3ccccc32)c1=O. The summed E-state index contributed by atoms with van der Waals surface area (Å²) in [6.07, 6.45) is 1.33. The summed E-state index contributed by atoms with van der Waals surface area (Å²) >= 11 is 0. The predicted molar refractivity (Wildman–Crippen MR) is 101 cm³/mol. The number of furan rings is 1. The van der Waals surface area contributed by atoms with Gasteiger partial charge < -0.3 is 14.6 Å². The van der Waals surface area contributed by atoms with Crippen LogP contribution in [-0.4, -0.2) is 45.4 Å². The average molecular weight is 370 g/mol. The molecule has 0 unspecified atom stereocenters. The molecule has 8 nitrogen and oxygen atoms in total. The van der Waals surface area contributed by atoms with Gasteiger partial charge in [0.25, 0.3) is 5.56 Å². The van der Waals surface area contributed by atoms with E-state index in [4.69, 9.17) is 4.42 Å². The second kappa shape index (κ2) is 6.86. The van der Waals surface area contributed by atoms with E-state index in [1.165, 1.54) is 22.8 Å². The van der Waals surface area contributed by atoms with Gasteiger partial charge in [0, 0.05) is 18.0 Å². The quantitative estimate of drug-likeness (QED) is 0.751. The van der Waals surface area contributed by atoms with E-state index in [0.717, 1.165) is 5.39 Å². The number of nitrogens with one attached hydrogen (secondary N) is 1.